The van der Waals surface area contributed by atoms with Crippen LogP contribution in [-0.4, -0.2) is 16.1 Å². The summed E-state index contributed by atoms with van der Waals surface area (Å²) in [6.45, 7) is 4.13. The van der Waals surface area contributed by atoms with Crippen LogP contribution in [0.25, 0.3) is 22.2 Å². The lowest BCUT2D eigenvalue weighted by molar-refractivity contribution is -0.136. The van der Waals surface area contributed by atoms with Crippen LogP contribution in [0.4, 0.5) is 0 Å². The number of aryl methyl sites for hydroxylation is 2. The van der Waals surface area contributed by atoms with E-state index in [1.54, 1.807) is 0 Å². The molecule has 0 fully saturated rings. The Hall–Kier alpha value is -2.55. The van der Waals surface area contributed by atoms with Gasteiger partial charge in [0.15, 0.2) is 0 Å². The van der Waals surface area contributed by atoms with Crippen LogP contribution in [0.2, 0.25) is 0 Å². The van der Waals surface area contributed by atoms with Crippen LogP contribution in [0.1, 0.15) is 16.7 Å². The van der Waals surface area contributed by atoms with Gasteiger partial charge >= 0.3 is 5.97 Å². The van der Waals surface area contributed by atoms with Gasteiger partial charge in [-0.25, -0.2) is 0 Å². The molecule has 0 aliphatic carbocycles. The molecular formula is C18H17NO2. The number of hydrogen-bond acceptors (Lipinski definition) is 1. The first-order chi connectivity index (χ1) is 10.1. The van der Waals surface area contributed by atoms with Gasteiger partial charge in [0.2, 0.25) is 0 Å². The Morgan fingerprint density at radius 3 is 2.48 bits per heavy atom. The molecule has 0 radical (unpaired) electrons. The quantitative estimate of drug-likeness (QED) is 0.759. The lowest BCUT2D eigenvalue weighted by Gasteiger charge is -2.03. The van der Waals surface area contributed by atoms with Crippen LogP contribution in [0.3, 0.4) is 0 Å². The molecule has 0 aliphatic rings. The van der Waals surface area contributed by atoms with Crippen molar-refractivity contribution in [1.82, 2.24) is 4.98 Å². The van der Waals surface area contributed by atoms with Crippen LogP contribution < -0.4 is 0 Å². The Labute approximate surface area is 123 Å². The van der Waals surface area contributed by atoms with Gasteiger partial charge in [-0.3, -0.25) is 4.79 Å². The molecule has 2 N–H and O–H groups in total. The van der Waals surface area contributed by atoms with Crippen molar-refractivity contribution in [3.8, 4) is 11.3 Å². The normalized spacial score (nSPS) is 11.0. The highest BCUT2D eigenvalue weighted by Crippen LogP contribution is 2.33. The molecule has 0 atom stereocenters. The summed E-state index contributed by atoms with van der Waals surface area (Å²) < 4.78 is 0. The van der Waals surface area contributed by atoms with Gasteiger partial charge in [0.1, 0.15) is 0 Å². The molecule has 3 rings (SSSR count). The van der Waals surface area contributed by atoms with E-state index in [0.29, 0.717) is 0 Å². The van der Waals surface area contributed by atoms with E-state index in [4.69, 9.17) is 0 Å². The standard InChI is InChI=1S/C18H17NO2/c1-11-8-9-14-15(10-16(20)21)18(19-17(14)12(11)2)13-6-4-3-5-7-13/h3-9,19H,10H2,1-2H3,(H,20,21). The van der Waals surface area contributed by atoms with Crippen molar-refractivity contribution in [2.24, 2.45) is 0 Å². The number of rotatable bonds is 3. The molecule has 0 amide bonds. The highest BCUT2D eigenvalue weighted by Gasteiger charge is 2.17. The van der Waals surface area contributed by atoms with E-state index in [9.17, 15) is 9.90 Å². The molecular weight excluding hydrogens is 262 g/mol. The average Bonchev–Trinajstić information content (AvgIpc) is 2.83. The number of fused-ring (bicyclic) bond motifs is 1. The van der Waals surface area contributed by atoms with E-state index in [1.807, 2.05) is 42.5 Å². The first-order valence-electron chi connectivity index (χ1n) is 6.96. The van der Waals surface area contributed by atoms with Gasteiger partial charge in [0, 0.05) is 10.9 Å². The summed E-state index contributed by atoms with van der Waals surface area (Å²) in [6.07, 6.45) is 0.0206. The Bertz CT molecular complexity index is 816. The van der Waals surface area contributed by atoms with Crippen molar-refractivity contribution in [2.75, 3.05) is 0 Å². The highest BCUT2D eigenvalue weighted by molar-refractivity contribution is 5.95. The minimum Gasteiger partial charge on any atom is -0.481 e. The van der Waals surface area contributed by atoms with E-state index in [-0.39, 0.29) is 6.42 Å². The van der Waals surface area contributed by atoms with Crippen molar-refractivity contribution < 1.29 is 9.90 Å². The maximum Gasteiger partial charge on any atom is 0.307 e. The topological polar surface area (TPSA) is 53.1 Å². The monoisotopic (exact) mass is 279 g/mol. The number of carboxylic acid groups (broad SMARTS) is 1. The SMILES string of the molecule is Cc1ccc2c(CC(=O)O)c(-c3ccccc3)[nH]c2c1C. The van der Waals surface area contributed by atoms with E-state index in [0.717, 1.165) is 27.7 Å². The summed E-state index contributed by atoms with van der Waals surface area (Å²) in [7, 11) is 0. The lowest BCUT2D eigenvalue weighted by Crippen LogP contribution is -2.00. The van der Waals surface area contributed by atoms with Crippen molar-refractivity contribution in [1.29, 1.82) is 0 Å². The summed E-state index contributed by atoms with van der Waals surface area (Å²) in [5.74, 6) is -0.814. The molecule has 3 aromatic rings. The zero-order valence-corrected chi connectivity index (χ0v) is 12.1. The molecule has 3 nitrogen and oxygen atoms in total. The van der Waals surface area contributed by atoms with Gasteiger partial charge in [-0.2, -0.15) is 0 Å². The molecule has 1 heterocycles. The zero-order chi connectivity index (χ0) is 15.0. The smallest absolute Gasteiger partial charge is 0.307 e. The van der Waals surface area contributed by atoms with Crippen LogP contribution in [0.5, 0.6) is 0 Å². The molecule has 0 aliphatic heterocycles. The van der Waals surface area contributed by atoms with Gasteiger partial charge in [0.25, 0.3) is 0 Å². The maximum atomic E-state index is 11.2. The van der Waals surface area contributed by atoms with E-state index in [2.05, 4.69) is 18.8 Å². The van der Waals surface area contributed by atoms with Gasteiger partial charge in [0.05, 0.1) is 12.1 Å². The van der Waals surface area contributed by atoms with Gasteiger partial charge < -0.3 is 10.1 Å². The van der Waals surface area contributed by atoms with Gasteiger partial charge in [-0.05, 0) is 36.1 Å². The molecule has 0 spiro atoms. The molecule has 0 saturated heterocycles. The van der Waals surface area contributed by atoms with Gasteiger partial charge in [-0.1, -0.05) is 42.5 Å². The fraction of sp³-hybridized carbons (Fsp3) is 0.167. The Morgan fingerprint density at radius 1 is 1.10 bits per heavy atom. The number of H-pyrrole nitrogens is 1. The molecule has 2 aromatic carbocycles. The first-order valence-corrected chi connectivity index (χ1v) is 6.96. The third-order valence-electron chi connectivity index (χ3n) is 4.00. The number of carboxylic acids is 1. The second kappa shape index (κ2) is 5.09. The number of hydrogen-bond donors (Lipinski definition) is 2. The van der Waals surface area contributed by atoms with Crippen molar-refractivity contribution in [3.05, 3.63) is 59.2 Å². The van der Waals surface area contributed by atoms with Crippen LogP contribution >= 0.6 is 0 Å². The molecule has 3 heteroatoms. The van der Waals surface area contributed by atoms with E-state index in [1.165, 1.54) is 11.1 Å². The molecule has 106 valence electrons. The Balaban J connectivity index is 2.32. The second-order valence-electron chi connectivity index (χ2n) is 5.35. The third kappa shape index (κ3) is 2.31. The number of benzene rings is 2. The largest absolute Gasteiger partial charge is 0.481 e. The third-order valence-corrected chi connectivity index (χ3v) is 4.00. The van der Waals surface area contributed by atoms with Crippen molar-refractivity contribution in [2.45, 2.75) is 20.3 Å². The maximum absolute atomic E-state index is 11.2. The van der Waals surface area contributed by atoms with E-state index < -0.39 is 5.97 Å². The molecule has 0 bridgehead atoms. The average molecular weight is 279 g/mol. The number of nitrogens with one attached hydrogen (secondary N) is 1. The molecule has 0 saturated carbocycles. The summed E-state index contributed by atoms with van der Waals surface area (Å²) in [4.78, 5) is 14.7. The van der Waals surface area contributed by atoms with Crippen molar-refractivity contribution >= 4 is 16.9 Å². The van der Waals surface area contributed by atoms with E-state index >= 15 is 0 Å². The zero-order valence-electron chi connectivity index (χ0n) is 12.1. The first kappa shape index (κ1) is 13.4. The number of carbonyl (C=O) groups is 1. The summed E-state index contributed by atoms with van der Waals surface area (Å²) in [6, 6.07) is 13.9. The fourth-order valence-corrected chi connectivity index (χ4v) is 2.75. The Morgan fingerprint density at radius 2 is 1.81 bits per heavy atom. The summed E-state index contributed by atoms with van der Waals surface area (Å²) >= 11 is 0. The predicted octanol–water partition coefficient (Wildman–Crippen LogP) is 4.08. The van der Waals surface area contributed by atoms with Gasteiger partial charge in [-0.15, -0.1) is 0 Å². The number of aromatic nitrogens is 1. The fourth-order valence-electron chi connectivity index (χ4n) is 2.75. The van der Waals surface area contributed by atoms with Crippen LogP contribution in [-0.2, 0) is 11.2 Å². The molecule has 1 aromatic heterocycles. The van der Waals surface area contributed by atoms with Crippen LogP contribution in [0, 0.1) is 13.8 Å². The number of aliphatic carboxylic acids is 1. The second-order valence-corrected chi connectivity index (χ2v) is 5.35. The minimum atomic E-state index is -0.814. The molecule has 0 unspecified atom stereocenters. The lowest BCUT2D eigenvalue weighted by atomic mass is 10.0. The minimum absolute atomic E-state index is 0.0206. The van der Waals surface area contributed by atoms with Crippen LogP contribution in [0.15, 0.2) is 42.5 Å². The number of aromatic amines is 1. The summed E-state index contributed by atoms with van der Waals surface area (Å²) in [5, 5.41) is 10.2. The predicted molar refractivity (Wildman–Crippen MR) is 84.5 cm³/mol. The summed E-state index contributed by atoms with van der Waals surface area (Å²) in [5.41, 5.74) is 6.17. The molecule has 21 heavy (non-hydrogen) atoms. The highest BCUT2D eigenvalue weighted by atomic mass is 16.4. The Kier molecular flexibility index (Phi) is 3.26. The van der Waals surface area contributed by atoms with Crippen molar-refractivity contribution in [3.63, 3.8) is 0 Å².